The third-order valence-electron chi connectivity index (χ3n) is 3.94. The molecule has 3 aromatic rings. The number of halogens is 2. The Morgan fingerprint density at radius 1 is 0.786 bits per heavy atom. The predicted molar refractivity (Wildman–Crippen MR) is 102 cm³/mol. The molecule has 3 aromatic carbocycles. The normalized spacial score (nSPS) is 10.2. The van der Waals surface area contributed by atoms with E-state index in [4.69, 9.17) is 4.74 Å². The van der Waals surface area contributed by atoms with Crippen molar-refractivity contribution in [2.75, 3.05) is 17.7 Å². The van der Waals surface area contributed by atoms with Gasteiger partial charge in [-0.05, 0) is 54.6 Å². The molecule has 7 heteroatoms. The van der Waals surface area contributed by atoms with E-state index in [1.54, 1.807) is 24.3 Å². The van der Waals surface area contributed by atoms with Crippen molar-refractivity contribution >= 4 is 23.2 Å². The van der Waals surface area contributed by atoms with E-state index >= 15 is 0 Å². The van der Waals surface area contributed by atoms with Crippen LogP contribution in [0.1, 0.15) is 20.7 Å². The van der Waals surface area contributed by atoms with E-state index in [1.165, 1.54) is 37.4 Å². The fourth-order valence-electron chi connectivity index (χ4n) is 2.48. The number of hydrogen-bond donors (Lipinski definition) is 2. The van der Waals surface area contributed by atoms with Gasteiger partial charge in [0, 0.05) is 16.8 Å². The summed E-state index contributed by atoms with van der Waals surface area (Å²) in [7, 11) is 1.54. The van der Waals surface area contributed by atoms with E-state index in [1.807, 2.05) is 0 Å². The molecule has 0 unspecified atom stereocenters. The highest BCUT2D eigenvalue weighted by Crippen LogP contribution is 2.20. The number of rotatable bonds is 5. The van der Waals surface area contributed by atoms with E-state index in [0.29, 0.717) is 11.4 Å². The summed E-state index contributed by atoms with van der Waals surface area (Å²) in [5.41, 5.74) is 0.317. The summed E-state index contributed by atoms with van der Waals surface area (Å²) in [6, 6.07) is 15.8. The third-order valence-corrected chi connectivity index (χ3v) is 3.94. The van der Waals surface area contributed by atoms with Gasteiger partial charge < -0.3 is 15.4 Å². The van der Waals surface area contributed by atoms with Gasteiger partial charge >= 0.3 is 0 Å². The van der Waals surface area contributed by atoms with E-state index in [9.17, 15) is 18.4 Å². The minimum absolute atomic E-state index is 0.0880. The topological polar surface area (TPSA) is 67.4 Å². The summed E-state index contributed by atoms with van der Waals surface area (Å²) >= 11 is 0. The van der Waals surface area contributed by atoms with Crippen LogP contribution >= 0.6 is 0 Å². The molecule has 0 saturated heterocycles. The van der Waals surface area contributed by atoms with Gasteiger partial charge in [0.2, 0.25) is 0 Å². The van der Waals surface area contributed by atoms with Crippen LogP contribution in [0.2, 0.25) is 0 Å². The fraction of sp³-hybridized carbons (Fsp3) is 0.0476. The fourth-order valence-corrected chi connectivity index (χ4v) is 2.48. The molecule has 2 N–H and O–H groups in total. The van der Waals surface area contributed by atoms with Crippen LogP contribution in [0.15, 0.2) is 66.7 Å². The Kier molecular flexibility index (Phi) is 5.64. The molecule has 28 heavy (non-hydrogen) atoms. The zero-order valence-corrected chi connectivity index (χ0v) is 14.8. The number of carbonyl (C=O) groups excluding carboxylic acids is 2. The number of anilines is 2. The Labute approximate surface area is 160 Å². The molecule has 0 atom stereocenters. The molecule has 5 nitrogen and oxygen atoms in total. The lowest BCUT2D eigenvalue weighted by atomic mass is 10.1. The first kappa shape index (κ1) is 19.0. The summed E-state index contributed by atoms with van der Waals surface area (Å²) in [6.07, 6.45) is 0. The smallest absolute Gasteiger partial charge is 0.255 e. The SMILES string of the molecule is COc1ccc(NC(=O)c2cccc(C(=O)Nc3c(F)cccc3F)c2)cc1. The number of methoxy groups -OCH3 is 1. The zero-order chi connectivity index (χ0) is 20.1. The average molecular weight is 382 g/mol. The van der Waals surface area contributed by atoms with Crippen molar-refractivity contribution in [1.82, 2.24) is 0 Å². The molecule has 0 saturated carbocycles. The van der Waals surface area contributed by atoms with Crippen molar-refractivity contribution in [3.05, 3.63) is 89.5 Å². The Hall–Kier alpha value is -3.74. The van der Waals surface area contributed by atoms with Crippen molar-refractivity contribution in [2.45, 2.75) is 0 Å². The number of para-hydroxylation sites is 1. The summed E-state index contributed by atoms with van der Waals surface area (Å²) in [5.74, 6) is -2.29. The van der Waals surface area contributed by atoms with Gasteiger partial charge in [-0.25, -0.2) is 8.78 Å². The lowest BCUT2D eigenvalue weighted by Gasteiger charge is -2.09. The van der Waals surface area contributed by atoms with Crippen molar-refractivity contribution in [3.8, 4) is 5.75 Å². The second-order valence-corrected chi connectivity index (χ2v) is 5.81. The molecule has 3 rings (SSSR count). The van der Waals surface area contributed by atoms with E-state index in [0.717, 1.165) is 12.1 Å². The lowest BCUT2D eigenvalue weighted by Crippen LogP contribution is -2.16. The van der Waals surface area contributed by atoms with Gasteiger partial charge in [0.1, 0.15) is 23.1 Å². The van der Waals surface area contributed by atoms with Crippen LogP contribution < -0.4 is 15.4 Å². The van der Waals surface area contributed by atoms with E-state index < -0.39 is 29.1 Å². The second kappa shape index (κ2) is 8.30. The second-order valence-electron chi connectivity index (χ2n) is 5.81. The van der Waals surface area contributed by atoms with Crippen LogP contribution in [0.3, 0.4) is 0 Å². The Morgan fingerprint density at radius 3 is 1.89 bits per heavy atom. The molecule has 0 heterocycles. The van der Waals surface area contributed by atoms with Crippen LogP contribution in [-0.4, -0.2) is 18.9 Å². The highest BCUT2D eigenvalue weighted by Gasteiger charge is 2.15. The maximum Gasteiger partial charge on any atom is 0.255 e. The van der Waals surface area contributed by atoms with Crippen LogP contribution in [0, 0.1) is 11.6 Å². The predicted octanol–water partition coefficient (Wildman–Crippen LogP) is 4.48. The number of nitrogens with one attached hydrogen (secondary N) is 2. The summed E-state index contributed by atoms with van der Waals surface area (Å²) in [6.45, 7) is 0. The van der Waals surface area contributed by atoms with E-state index in [-0.39, 0.29) is 11.1 Å². The van der Waals surface area contributed by atoms with Crippen LogP contribution in [0.25, 0.3) is 0 Å². The molecule has 0 aliphatic heterocycles. The van der Waals surface area contributed by atoms with Gasteiger partial charge in [0.25, 0.3) is 11.8 Å². The highest BCUT2D eigenvalue weighted by atomic mass is 19.1. The standard InChI is InChI=1S/C21H16F2N2O3/c1-28-16-10-8-15(9-11-16)24-20(26)13-4-2-5-14(12-13)21(27)25-19-17(22)6-3-7-18(19)23/h2-12H,1H3,(H,24,26)(H,25,27). The van der Waals surface area contributed by atoms with Crippen molar-refractivity contribution in [1.29, 1.82) is 0 Å². The van der Waals surface area contributed by atoms with Crippen molar-refractivity contribution in [2.24, 2.45) is 0 Å². The molecule has 0 bridgehead atoms. The minimum Gasteiger partial charge on any atom is -0.497 e. The summed E-state index contributed by atoms with van der Waals surface area (Å²) in [5, 5.41) is 4.89. The molecule has 0 fully saturated rings. The van der Waals surface area contributed by atoms with Gasteiger partial charge in [-0.15, -0.1) is 0 Å². The zero-order valence-electron chi connectivity index (χ0n) is 14.8. The molecule has 0 aromatic heterocycles. The molecule has 0 spiro atoms. The molecule has 142 valence electrons. The molecular formula is C21H16F2N2O3. The van der Waals surface area contributed by atoms with Crippen LogP contribution in [-0.2, 0) is 0 Å². The van der Waals surface area contributed by atoms with Gasteiger partial charge in [-0.1, -0.05) is 12.1 Å². The average Bonchev–Trinajstić information content (AvgIpc) is 2.71. The lowest BCUT2D eigenvalue weighted by molar-refractivity contribution is 0.102. The van der Waals surface area contributed by atoms with Crippen LogP contribution in [0.5, 0.6) is 5.75 Å². The van der Waals surface area contributed by atoms with Gasteiger partial charge in [0.05, 0.1) is 7.11 Å². The first-order valence-electron chi connectivity index (χ1n) is 8.29. The first-order chi connectivity index (χ1) is 13.5. The Morgan fingerprint density at radius 2 is 1.32 bits per heavy atom. The van der Waals surface area contributed by atoms with Crippen LogP contribution in [0.4, 0.5) is 20.2 Å². The third kappa shape index (κ3) is 4.32. The molecular weight excluding hydrogens is 366 g/mol. The number of carbonyl (C=O) groups is 2. The summed E-state index contributed by atoms with van der Waals surface area (Å²) in [4.78, 5) is 24.7. The quantitative estimate of drug-likeness (QED) is 0.684. The minimum atomic E-state index is -0.887. The maximum atomic E-state index is 13.7. The number of hydrogen-bond acceptors (Lipinski definition) is 3. The molecule has 0 aliphatic rings. The largest absolute Gasteiger partial charge is 0.497 e. The maximum absolute atomic E-state index is 13.7. The molecule has 2 amide bonds. The summed E-state index contributed by atoms with van der Waals surface area (Å²) < 4.78 is 32.5. The Bertz CT molecular complexity index is 1000. The number of benzene rings is 3. The number of ether oxygens (including phenoxy) is 1. The number of amides is 2. The Balaban J connectivity index is 1.75. The monoisotopic (exact) mass is 382 g/mol. The van der Waals surface area contributed by atoms with Crippen molar-refractivity contribution < 1.29 is 23.1 Å². The van der Waals surface area contributed by atoms with E-state index in [2.05, 4.69) is 10.6 Å². The molecule has 0 aliphatic carbocycles. The van der Waals surface area contributed by atoms with Gasteiger partial charge in [0.15, 0.2) is 0 Å². The van der Waals surface area contributed by atoms with Gasteiger partial charge in [-0.3, -0.25) is 9.59 Å². The highest BCUT2D eigenvalue weighted by molar-refractivity contribution is 6.08. The van der Waals surface area contributed by atoms with Gasteiger partial charge in [-0.2, -0.15) is 0 Å². The molecule has 0 radical (unpaired) electrons. The first-order valence-corrected chi connectivity index (χ1v) is 8.29. The van der Waals surface area contributed by atoms with Crippen molar-refractivity contribution in [3.63, 3.8) is 0 Å².